The highest BCUT2D eigenvalue weighted by molar-refractivity contribution is 5.90. The fourth-order valence-corrected chi connectivity index (χ4v) is 2.11. The average Bonchev–Trinajstić information content (AvgIpc) is 2.54. The molecule has 0 aliphatic carbocycles. The number of carbonyl (C=O) groups is 1. The zero-order chi connectivity index (χ0) is 15.9. The van der Waals surface area contributed by atoms with E-state index in [-0.39, 0.29) is 18.4 Å². The molecule has 0 spiro atoms. The largest absolute Gasteiger partial charge is 0.387 e. The third-order valence-corrected chi connectivity index (χ3v) is 3.36. The minimum atomic E-state index is -0.882. The Morgan fingerprint density at radius 1 is 1.18 bits per heavy atom. The first-order valence-electron chi connectivity index (χ1n) is 7.16. The molecule has 2 aromatic rings. The van der Waals surface area contributed by atoms with Crippen molar-refractivity contribution in [2.75, 3.05) is 11.9 Å². The predicted molar refractivity (Wildman–Crippen MR) is 84.2 cm³/mol. The molecule has 22 heavy (non-hydrogen) atoms. The Hall–Kier alpha value is -2.40. The summed E-state index contributed by atoms with van der Waals surface area (Å²) < 4.78 is 12.8. The van der Waals surface area contributed by atoms with Crippen LogP contribution in [0.25, 0.3) is 0 Å². The monoisotopic (exact) mass is 302 g/mol. The lowest BCUT2D eigenvalue weighted by Gasteiger charge is -2.14. The van der Waals surface area contributed by atoms with Gasteiger partial charge in [0, 0.05) is 12.2 Å². The summed E-state index contributed by atoms with van der Waals surface area (Å²) in [5, 5.41) is 15.3. The van der Waals surface area contributed by atoms with Gasteiger partial charge in [-0.05, 0) is 35.7 Å². The first-order valence-corrected chi connectivity index (χ1v) is 7.16. The van der Waals surface area contributed by atoms with E-state index in [4.69, 9.17) is 0 Å². The number of nitrogens with one attached hydrogen (secondary N) is 2. The molecule has 3 N–H and O–H groups in total. The lowest BCUT2D eigenvalue weighted by Crippen LogP contribution is -2.32. The van der Waals surface area contributed by atoms with Crippen molar-refractivity contribution in [1.82, 2.24) is 5.32 Å². The Balaban J connectivity index is 1.88. The van der Waals surface area contributed by atoms with Crippen LogP contribution in [-0.2, 0) is 6.42 Å². The highest BCUT2D eigenvalue weighted by Gasteiger charge is 2.10. The molecule has 2 rings (SSSR count). The zero-order valence-corrected chi connectivity index (χ0v) is 12.3. The molecule has 0 aliphatic heterocycles. The first-order chi connectivity index (χ1) is 10.6. The zero-order valence-electron chi connectivity index (χ0n) is 12.3. The van der Waals surface area contributed by atoms with Gasteiger partial charge in [0.2, 0.25) is 0 Å². The average molecular weight is 302 g/mol. The van der Waals surface area contributed by atoms with Gasteiger partial charge in [-0.2, -0.15) is 0 Å². The van der Waals surface area contributed by atoms with Crippen LogP contribution in [0.3, 0.4) is 0 Å². The van der Waals surface area contributed by atoms with Gasteiger partial charge in [0.1, 0.15) is 5.82 Å². The van der Waals surface area contributed by atoms with Crippen molar-refractivity contribution in [1.29, 1.82) is 0 Å². The SMILES string of the molecule is CCc1ccccc1NC(=O)NCC(O)c1ccc(F)cc1. The van der Waals surface area contributed by atoms with Gasteiger partial charge < -0.3 is 15.7 Å². The number of halogens is 1. The van der Waals surface area contributed by atoms with Crippen molar-refractivity contribution in [3.05, 3.63) is 65.5 Å². The van der Waals surface area contributed by atoms with E-state index in [9.17, 15) is 14.3 Å². The van der Waals surface area contributed by atoms with Crippen molar-refractivity contribution in [3.8, 4) is 0 Å². The maximum absolute atomic E-state index is 12.8. The molecule has 4 nitrogen and oxygen atoms in total. The number of aliphatic hydroxyl groups excluding tert-OH is 1. The van der Waals surface area contributed by atoms with Gasteiger partial charge in [0.15, 0.2) is 0 Å². The molecular weight excluding hydrogens is 283 g/mol. The van der Waals surface area contributed by atoms with E-state index in [1.54, 1.807) is 0 Å². The maximum atomic E-state index is 12.8. The molecule has 0 aromatic heterocycles. The minimum absolute atomic E-state index is 0.0474. The quantitative estimate of drug-likeness (QED) is 0.794. The third-order valence-electron chi connectivity index (χ3n) is 3.36. The number of anilines is 1. The van der Waals surface area contributed by atoms with E-state index in [1.165, 1.54) is 24.3 Å². The van der Waals surface area contributed by atoms with Crippen LogP contribution in [0.1, 0.15) is 24.2 Å². The fourth-order valence-electron chi connectivity index (χ4n) is 2.11. The van der Waals surface area contributed by atoms with Gasteiger partial charge in [-0.1, -0.05) is 37.3 Å². The topological polar surface area (TPSA) is 61.4 Å². The van der Waals surface area contributed by atoms with Crippen molar-refractivity contribution in [2.24, 2.45) is 0 Å². The standard InChI is InChI=1S/C17H19FN2O2/c1-2-12-5-3-4-6-15(12)20-17(22)19-11-16(21)13-7-9-14(18)10-8-13/h3-10,16,21H,2,11H2,1H3,(H2,19,20,22). The van der Waals surface area contributed by atoms with E-state index in [0.29, 0.717) is 5.56 Å². The molecule has 5 heteroatoms. The Bertz CT molecular complexity index is 629. The van der Waals surface area contributed by atoms with Crippen molar-refractivity contribution >= 4 is 11.7 Å². The van der Waals surface area contributed by atoms with Gasteiger partial charge >= 0.3 is 6.03 Å². The molecule has 0 heterocycles. The Morgan fingerprint density at radius 2 is 1.86 bits per heavy atom. The molecular formula is C17H19FN2O2. The fraction of sp³-hybridized carbons (Fsp3) is 0.235. The van der Waals surface area contributed by atoms with Crippen molar-refractivity contribution in [3.63, 3.8) is 0 Å². The van der Waals surface area contributed by atoms with Crippen LogP contribution in [0.15, 0.2) is 48.5 Å². The van der Waals surface area contributed by atoms with Crippen molar-refractivity contribution < 1.29 is 14.3 Å². The first kappa shape index (κ1) is 16.0. The van der Waals surface area contributed by atoms with Crippen LogP contribution in [0.2, 0.25) is 0 Å². The number of aryl methyl sites for hydroxylation is 1. The normalized spacial score (nSPS) is 11.8. The Kier molecular flexibility index (Phi) is 5.49. The van der Waals surface area contributed by atoms with Gasteiger partial charge in [0.05, 0.1) is 6.10 Å². The van der Waals surface area contributed by atoms with Crippen LogP contribution in [0, 0.1) is 5.82 Å². The lowest BCUT2D eigenvalue weighted by atomic mass is 10.1. The van der Waals surface area contributed by atoms with Crippen LogP contribution in [-0.4, -0.2) is 17.7 Å². The molecule has 0 radical (unpaired) electrons. The summed E-state index contributed by atoms with van der Waals surface area (Å²) in [4.78, 5) is 11.9. The summed E-state index contributed by atoms with van der Waals surface area (Å²) in [6.07, 6.45) is -0.0676. The summed E-state index contributed by atoms with van der Waals surface area (Å²) in [7, 11) is 0. The highest BCUT2D eigenvalue weighted by atomic mass is 19.1. The number of hydrogen-bond acceptors (Lipinski definition) is 2. The Labute approximate surface area is 129 Å². The molecule has 116 valence electrons. The molecule has 0 saturated carbocycles. The number of benzene rings is 2. The van der Waals surface area contributed by atoms with Crippen LogP contribution < -0.4 is 10.6 Å². The second-order valence-electron chi connectivity index (χ2n) is 4.91. The summed E-state index contributed by atoms with van der Waals surface area (Å²) >= 11 is 0. The van der Waals surface area contributed by atoms with Crippen LogP contribution >= 0.6 is 0 Å². The number of amides is 2. The molecule has 2 aromatic carbocycles. The molecule has 2 amide bonds. The number of hydrogen-bond donors (Lipinski definition) is 3. The van der Waals surface area contributed by atoms with Crippen LogP contribution in [0.4, 0.5) is 14.9 Å². The summed E-state index contributed by atoms with van der Waals surface area (Å²) in [5.74, 6) is -0.363. The van der Waals surface area contributed by atoms with Gasteiger partial charge in [-0.15, -0.1) is 0 Å². The lowest BCUT2D eigenvalue weighted by molar-refractivity contribution is 0.175. The molecule has 1 atom stereocenters. The van der Waals surface area contributed by atoms with Crippen LogP contribution in [0.5, 0.6) is 0 Å². The van der Waals surface area contributed by atoms with Crippen molar-refractivity contribution in [2.45, 2.75) is 19.4 Å². The van der Waals surface area contributed by atoms with E-state index in [0.717, 1.165) is 17.7 Å². The predicted octanol–water partition coefficient (Wildman–Crippen LogP) is 3.24. The number of rotatable bonds is 5. The minimum Gasteiger partial charge on any atom is -0.387 e. The van der Waals surface area contributed by atoms with Gasteiger partial charge in [-0.25, -0.2) is 9.18 Å². The maximum Gasteiger partial charge on any atom is 0.319 e. The summed E-state index contributed by atoms with van der Waals surface area (Å²) in [6, 6.07) is 12.7. The molecule has 0 fully saturated rings. The van der Waals surface area contributed by atoms with E-state index in [2.05, 4.69) is 10.6 Å². The second kappa shape index (κ2) is 7.56. The van der Waals surface area contributed by atoms with Gasteiger partial charge in [-0.3, -0.25) is 0 Å². The third kappa shape index (κ3) is 4.30. The smallest absolute Gasteiger partial charge is 0.319 e. The number of urea groups is 1. The molecule has 0 saturated heterocycles. The molecule has 1 unspecified atom stereocenters. The van der Waals surface area contributed by atoms with E-state index < -0.39 is 6.10 Å². The molecule has 0 bridgehead atoms. The Morgan fingerprint density at radius 3 is 2.55 bits per heavy atom. The summed E-state index contributed by atoms with van der Waals surface area (Å²) in [6.45, 7) is 2.06. The highest BCUT2D eigenvalue weighted by Crippen LogP contribution is 2.15. The number of aliphatic hydroxyl groups is 1. The van der Waals surface area contributed by atoms with Gasteiger partial charge in [0.25, 0.3) is 0 Å². The molecule has 0 aliphatic rings. The number of carbonyl (C=O) groups excluding carboxylic acids is 1. The summed E-state index contributed by atoms with van der Waals surface area (Å²) in [5.41, 5.74) is 2.34. The van der Waals surface area contributed by atoms with E-state index >= 15 is 0 Å². The van der Waals surface area contributed by atoms with E-state index in [1.807, 2.05) is 31.2 Å². The second-order valence-corrected chi connectivity index (χ2v) is 4.91. The number of para-hydroxylation sites is 1.